The highest BCUT2D eigenvalue weighted by atomic mass is 16.6. The number of ether oxygens (including phenoxy) is 2. The molecule has 2 aliphatic heterocycles. The molecule has 2 heteroatoms. The Labute approximate surface area is 98.7 Å². The van der Waals surface area contributed by atoms with Gasteiger partial charge in [-0.1, -0.05) is 13.3 Å². The average molecular weight is 224 g/mol. The number of rotatable bonds is 3. The molecule has 2 heterocycles. The maximum absolute atomic E-state index is 5.67. The smallest absolute Gasteiger partial charge is 0.0844 e. The summed E-state index contributed by atoms with van der Waals surface area (Å²) in [5.74, 6) is 2.79. The summed E-state index contributed by atoms with van der Waals surface area (Å²) in [5, 5.41) is 0. The number of hydrogen-bond donors (Lipinski definition) is 0. The molecule has 0 amide bonds. The fraction of sp³-hybridized carbons (Fsp3) is 1.00. The van der Waals surface area contributed by atoms with E-state index in [1.807, 2.05) is 0 Å². The van der Waals surface area contributed by atoms with Gasteiger partial charge in [0.25, 0.3) is 0 Å². The van der Waals surface area contributed by atoms with Crippen molar-refractivity contribution >= 4 is 0 Å². The molecule has 2 saturated heterocycles. The molecule has 1 saturated carbocycles. The second-order valence-electron chi connectivity index (χ2n) is 5.98. The van der Waals surface area contributed by atoms with E-state index in [0.717, 1.165) is 24.4 Å². The Morgan fingerprint density at radius 1 is 1.12 bits per heavy atom. The predicted molar refractivity (Wildman–Crippen MR) is 63.3 cm³/mol. The van der Waals surface area contributed by atoms with Crippen molar-refractivity contribution in [3.8, 4) is 0 Å². The second kappa shape index (κ2) is 4.30. The Kier molecular flexibility index (Phi) is 2.97. The number of hydrogen-bond acceptors (Lipinski definition) is 2. The summed E-state index contributed by atoms with van der Waals surface area (Å²) >= 11 is 0. The van der Waals surface area contributed by atoms with Gasteiger partial charge in [0, 0.05) is 6.61 Å². The molecule has 92 valence electrons. The molecule has 3 aliphatic rings. The summed E-state index contributed by atoms with van der Waals surface area (Å²) in [6.07, 6.45) is 8.39. The van der Waals surface area contributed by atoms with Crippen LogP contribution in [0.1, 0.15) is 46.0 Å². The summed E-state index contributed by atoms with van der Waals surface area (Å²) in [4.78, 5) is 0. The van der Waals surface area contributed by atoms with Crippen molar-refractivity contribution in [3.05, 3.63) is 0 Å². The van der Waals surface area contributed by atoms with Crippen LogP contribution in [-0.4, -0.2) is 24.9 Å². The lowest BCUT2D eigenvalue weighted by molar-refractivity contribution is -0.0226. The lowest BCUT2D eigenvalue weighted by atomic mass is 9.74. The Morgan fingerprint density at radius 2 is 1.88 bits per heavy atom. The van der Waals surface area contributed by atoms with Gasteiger partial charge < -0.3 is 9.47 Å². The van der Waals surface area contributed by atoms with E-state index in [0.29, 0.717) is 18.3 Å². The fourth-order valence-corrected chi connectivity index (χ4v) is 4.11. The van der Waals surface area contributed by atoms with Crippen LogP contribution in [0.5, 0.6) is 0 Å². The van der Waals surface area contributed by atoms with Crippen molar-refractivity contribution in [2.24, 2.45) is 17.8 Å². The van der Waals surface area contributed by atoms with Crippen molar-refractivity contribution in [1.82, 2.24) is 0 Å². The summed E-state index contributed by atoms with van der Waals surface area (Å²) < 4.78 is 11.2. The number of epoxide rings is 1. The van der Waals surface area contributed by atoms with Crippen molar-refractivity contribution in [2.75, 3.05) is 6.61 Å². The molecule has 0 bridgehead atoms. The zero-order valence-electron chi connectivity index (χ0n) is 10.5. The van der Waals surface area contributed by atoms with Crippen LogP contribution in [0, 0.1) is 17.8 Å². The second-order valence-corrected chi connectivity index (χ2v) is 5.98. The molecule has 0 aromatic carbocycles. The first-order valence-corrected chi connectivity index (χ1v) is 7.05. The summed E-state index contributed by atoms with van der Waals surface area (Å²) in [7, 11) is 0. The maximum atomic E-state index is 5.67. The van der Waals surface area contributed by atoms with E-state index in [2.05, 4.69) is 13.8 Å². The summed E-state index contributed by atoms with van der Waals surface area (Å²) in [6.45, 7) is 5.59. The normalized spacial score (nSPS) is 48.8. The first-order chi connectivity index (χ1) is 7.78. The zero-order valence-corrected chi connectivity index (χ0v) is 10.5. The van der Waals surface area contributed by atoms with Gasteiger partial charge >= 0.3 is 0 Å². The topological polar surface area (TPSA) is 21.8 Å². The van der Waals surface area contributed by atoms with Gasteiger partial charge in [-0.25, -0.2) is 0 Å². The molecule has 2 nitrogen and oxygen atoms in total. The molecule has 3 rings (SSSR count). The van der Waals surface area contributed by atoms with E-state index in [4.69, 9.17) is 9.47 Å². The highest BCUT2D eigenvalue weighted by molar-refractivity contribution is 4.98. The van der Waals surface area contributed by atoms with Gasteiger partial charge in [0.1, 0.15) is 0 Å². The van der Waals surface area contributed by atoms with Crippen LogP contribution in [0.2, 0.25) is 0 Å². The van der Waals surface area contributed by atoms with E-state index < -0.39 is 0 Å². The highest BCUT2D eigenvalue weighted by Crippen LogP contribution is 2.49. The zero-order chi connectivity index (χ0) is 11.1. The number of fused-ring (bicyclic) bond motifs is 1. The molecular weight excluding hydrogens is 200 g/mol. The monoisotopic (exact) mass is 224 g/mol. The van der Waals surface area contributed by atoms with E-state index in [1.54, 1.807) is 0 Å². The minimum absolute atomic E-state index is 0.486. The molecule has 3 fully saturated rings. The highest BCUT2D eigenvalue weighted by Gasteiger charge is 2.50. The standard InChI is InChI=1S/C14H24O2/c1-3-12(10-4-5-15-9(2)6-10)11-7-13-14(8-11)16-13/h9-14H,3-8H2,1-2H3. The third-order valence-corrected chi connectivity index (χ3v) is 4.97. The van der Waals surface area contributed by atoms with Crippen LogP contribution >= 0.6 is 0 Å². The first kappa shape index (κ1) is 11.0. The Hall–Kier alpha value is -0.0800. The van der Waals surface area contributed by atoms with Crippen LogP contribution in [0.4, 0.5) is 0 Å². The van der Waals surface area contributed by atoms with Gasteiger partial charge in [-0.2, -0.15) is 0 Å². The van der Waals surface area contributed by atoms with E-state index in [-0.39, 0.29) is 0 Å². The van der Waals surface area contributed by atoms with Crippen molar-refractivity contribution in [2.45, 2.75) is 64.3 Å². The van der Waals surface area contributed by atoms with Gasteiger partial charge in [-0.3, -0.25) is 0 Å². The third kappa shape index (κ3) is 2.02. The van der Waals surface area contributed by atoms with Gasteiger partial charge in [0.2, 0.25) is 0 Å². The SMILES string of the molecule is CCC(C1CCOC(C)C1)C1CC2OC2C1. The average Bonchev–Trinajstić information content (AvgIpc) is 2.88. The maximum Gasteiger partial charge on any atom is 0.0844 e. The van der Waals surface area contributed by atoms with Gasteiger partial charge in [0.05, 0.1) is 18.3 Å². The summed E-state index contributed by atoms with van der Waals surface area (Å²) in [6, 6.07) is 0. The lowest BCUT2D eigenvalue weighted by Gasteiger charge is -2.36. The van der Waals surface area contributed by atoms with Crippen LogP contribution in [0.25, 0.3) is 0 Å². The van der Waals surface area contributed by atoms with E-state index in [9.17, 15) is 0 Å². The fourth-order valence-electron chi connectivity index (χ4n) is 4.11. The predicted octanol–water partition coefficient (Wildman–Crippen LogP) is 3.01. The molecule has 5 atom stereocenters. The summed E-state index contributed by atoms with van der Waals surface area (Å²) in [5.41, 5.74) is 0. The van der Waals surface area contributed by atoms with Crippen LogP contribution < -0.4 is 0 Å². The van der Waals surface area contributed by atoms with E-state index >= 15 is 0 Å². The molecular formula is C14H24O2. The van der Waals surface area contributed by atoms with Crippen LogP contribution in [-0.2, 0) is 9.47 Å². The van der Waals surface area contributed by atoms with Crippen molar-refractivity contribution in [3.63, 3.8) is 0 Å². The van der Waals surface area contributed by atoms with Crippen molar-refractivity contribution < 1.29 is 9.47 Å². The van der Waals surface area contributed by atoms with Gasteiger partial charge in [0.15, 0.2) is 0 Å². The quantitative estimate of drug-likeness (QED) is 0.687. The molecule has 0 aromatic heterocycles. The molecule has 0 spiro atoms. The molecule has 0 aromatic rings. The first-order valence-electron chi connectivity index (χ1n) is 7.05. The van der Waals surface area contributed by atoms with E-state index in [1.165, 1.54) is 32.1 Å². The van der Waals surface area contributed by atoms with Crippen molar-refractivity contribution in [1.29, 1.82) is 0 Å². The van der Waals surface area contributed by atoms with Gasteiger partial charge in [-0.05, 0) is 50.4 Å². The third-order valence-electron chi connectivity index (χ3n) is 4.97. The minimum atomic E-state index is 0.486. The molecule has 5 unspecified atom stereocenters. The largest absolute Gasteiger partial charge is 0.378 e. The molecule has 1 aliphatic carbocycles. The van der Waals surface area contributed by atoms with Crippen LogP contribution in [0.15, 0.2) is 0 Å². The van der Waals surface area contributed by atoms with Crippen LogP contribution in [0.3, 0.4) is 0 Å². The molecule has 16 heavy (non-hydrogen) atoms. The van der Waals surface area contributed by atoms with Gasteiger partial charge in [-0.15, -0.1) is 0 Å². The Bertz CT molecular complexity index is 243. The Balaban J connectivity index is 1.60. The molecule has 0 N–H and O–H groups in total. The Morgan fingerprint density at radius 3 is 2.50 bits per heavy atom. The lowest BCUT2D eigenvalue weighted by Crippen LogP contribution is -2.31. The molecule has 0 radical (unpaired) electrons. The minimum Gasteiger partial charge on any atom is -0.378 e.